The van der Waals surface area contributed by atoms with E-state index in [2.05, 4.69) is 14.9 Å². The quantitative estimate of drug-likeness (QED) is 0.477. The number of aromatic nitrogens is 4. The van der Waals surface area contributed by atoms with Gasteiger partial charge in [0.2, 0.25) is 0 Å². The zero-order chi connectivity index (χ0) is 21.9. The summed E-state index contributed by atoms with van der Waals surface area (Å²) in [6.07, 6.45) is 6.90. The molecule has 1 aliphatic rings. The lowest BCUT2D eigenvalue weighted by Crippen LogP contribution is -2.49. The van der Waals surface area contributed by atoms with Gasteiger partial charge < -0.3 is 9.80 Å². The van der Waals surface area contributed by atoms with E-state index < -0.39 is 0 Å². The van der Waals surface area contributed by atoms with E-state index in [-0.39, 0.29) is 5.91 Å². The highest BCUT2D eigenvalue weighted by molar-refractivity contribution is 6.30. The molecule has 4 aromatic rings. The Bertz CT molecular complexity index is 1200. The van der Waals surface area contributed by atoms with E-state index in [0.717, 1.165) is 17.1 Å². The highest BCUT2D eigenvalue weighted by Crippen LogP contribution is 2.25. The SMILES string of the molecule is O=C(c1cn(-c2ccccc2)nc1-c1cccnc1)N1CCN(c2ccc(Cl)cn2)CC1. The first kappa shape index (κ1) is 20.2. The van der Waals surface area contributed by atoms with Gasteiger partial charge in [0.05, 0.1) is 16.3 Å². The van der Waals surface area contributed by atoms with Gasteiger partial charge in [-0.3, -0.25) is 9.78 Å². The molecule has 1 fully saturated rings. The number of para-hydroxylation sites is 1. The number of pyridine rings is 2. The number of benzene rings is 1. The lowest BCUT2D eigenvalue weighted by atomic mass is 10.1. The van der Waals surface area contributed by atoms with E-state index in [1.165, 1.54) is 0 Å². The summed E-state index contributed by atoms with van der Waals surface area (Å²) >= 11 is 5.95. The summed E-state index contributed by atoms with van der Waals surface area (Å²) in [5.74, 6) is 0.837. The minimum atomic E-state index is -0.0326. The molecule has 0 radical (unpaired) electrons. The van der Waals surface area contributed by atoms with Crippen LogP contribution in [0.1, 0.15) is 10.4 Å². The number of carbonyl (C=O) groups is 1. The van der Waals surface area contributed by atoms with E-state index in [1.807, 2.05) is 65.7 Å². The molecule has 32 heavy (non-hydrogen) atoms. The van der Waals surface area contributed by atoms with Crippen molar-refractivity contribution in [3.8, 4) is 16.9 Å². The number of halogens is 1. The van der Waals surface area contributed by atoms with Gasteiger partial charge in [0.15, 0.2) is 0 Å². The van der Waals surface area contributed by atoms with Crippen molar-refractivity contribution in [2.24, 2.45) is 0 Å². The second kappa shape index (κ2) is 8.80. The van der Waals surface area contributed by atoms with Crippen LogP contribution in [-0.4, -0.2) is 56.7 Å². The molecule has 160 valence electrons. The van der Waals surface area contributed by atoms with Crippen LogP contribution in [0.5, 0.6) is 0 Å². The van der Waals surface area contributed by atoms with Crippen LogP contribution in [0.15, 0.2) is 79.4 Å². The molecular formula is C24H21ClN6O. The highest BCUT2D eigenvalue weighted by atomic mass is 35.5. The molecule has 1 amide bonds. The molecule has 5 rings (SSSR count). The number of carbonyl (C=O) groups excluding carboxylic acids is 1. The van der Waals surface area contributed by atoms with E-state index in [1.54, 1.807) is 23.3 Å². The van der Waals surface area contributed by atoms with Crippen LogP contribution in [0.2, 0.25) is 5.02 Å². The Kier molecular flexibility index (Phi) is 5.56. The third kappa shape index (κ3) is 4.07. The predicted molar refractivity (Wildman–Crippen MR) is 124 cm³/mol. The summed E-state index contributed by atoms with van der Waals surface area (Å²) in [4.78, 5) is 26.2. The lowest BCUT2D eigenvalue weighted by molar-refractivity contribution is 0.0747. The molecule has 1 aliphatic heterocycles. The molecule has 3 aromatic heterocycles. The van der Waals surface area contributed by atoms with Crippen molar-refractivity contribution in [1.29, 1.82) is 0 Å². The Hall–Kier alpha value is -3.71. The molecule has 1 saturated heterocycles. The number of hydrogen-bond acceptors (Lipinski definition) is 5. The van der Waals surface area contributed by atoms with Gasteiger partial charge in [-0.2, -0.15) is 5.10 Å². The summed E-state index contributed by atoms with van der Waals surface area (Å²) in [6.45, 7) is 2.61. The van der Waals surface area contributed by atoms with Crippen LogP contribution < -0.4 is 4.90 Å². The van der Waals surface area contributed by atoms with Crippen LogP contribution in [0, 0.1) is 0 Å². The van der Waals surface area contributed by atoms with Crippen LogP contribution in [0.3, 0.4) is 0 Å². The van der Waals surface area contributed by atoms with Gasteiger partial charge in [0.25, 0.3) is 5.91 Å². The van der Waals surface area contributed by atoms with Gasteiger partial charge in [-0.25, -0.2) is 9.67 Å². The standard InChI is InChI=1S/C24H21ClN6O/c25-19-8-9-22(27-16-19)29-11-13-30(14-12-29)24(32)21-17-31(20-6-2-1-3-7-20)28-23(21)18-5-4-10-26-15-18/h1-10,15-17H,11-14H2. The molecule has 4 heterocycles. The molecule has 0 saturated carbocycles. The molecule has 0 bridgehead atoms. The smallest absolute Gasteiger partial charge is 0.257 e. The van der Waals surface area contributed by atoms with Crippen LogP contribution in [-0.2, 0) is 0 Å². The third-order valence-corrected chi connectivity index (χ3v) is 5.73. The maximum Gasteiger partial charge on any atom is 0.257 e. The van der Waals surface area contributed by atoms with Crippen LogP contribution >= 0.6 is 11.6 Å². The molecule has 7 nitrogen and oxygen atoms in total. The molecule has 0 spiro atoms. The second-order valence-electron chi connectivity index (χ2n) is 7.53. The van der Waals surface area contributed by atoms with Gasteiger partial charge in [-0.15, -0.1) is 0 Å². The van der Waals surface area contributed by atoms with E-state index in [0.29, 0.717) is 42.5 Å². The van der Waals surface area contributed by atoms with Gasteiger partial charge >= 0.3 is 0 Å². The molecule has 1 aromatic carbocycles. The van der Waals surface area contributed by atoms with E-state index in [9.17, 15) is 4.79 Å². The van der Waals surface area contributed by atoms with Crippen molar-refractivity contribution in [2.45, 2.75) is 0 Å². The monoisotopic (exact) mass is 444 g/mol. The molecule has 0 N–H and O–H groups in total. The average Bonchev–Trinajstić information content (AvgIpc) is 3.31. The topological polar surface area (TPSA) is 67.2 Å². The number of rotatable bonds is 4. The van der Waals surface area contributed by atoms with E-state index in [4.69, 9.17) is 16.7 Å². The summed E-state index contributed by atoms with van der Waals surface area (Å²) in [5.41, 5.74) is 2.92. The lowest BCUT2D eigenvalue weighted by Gasteiger charge is -2.35. The minimum absolute atomic E-state index is 0.0326. The molecule has 0 unspecified atom stereocenters. The summed E-state index contributed by atoms with van der Waals surface area (Å²) in [7, 11) is 0. The summed E-state index contributed by atoms with van der Waals surface area (Å²) in [5, 5.41) is 5.35. The van der Waals surface area contributed by atoms with Crippen molar-refractivity contribution in [3.05, 3.63) is 90.0 Å². The average molecular weight is 445 g/mol. The van der Waals surface area contributed by atoms with Gasteiger partial charge in [-0.05, 0) is 36.4 Å². The number of anilines is 1. The van der Waals surface area contributed by atoms with Gasteiger partial charge in [-0.1, -0.05) is 29.8 Å². The molecular weight excluding hydrogens is 424 g/mol. The fourth-order valence-electron chi connectivity index (χ4n) is 3.82. The Labute approximate surface area is 190 Å². The van der Waals surface area contributed by atoms with E-state index >= 15 is 0 Å². The first-order valence-electron chi connectivity index (χ1n) is 10.4. The van der Waals surface area contributed by atoms with Crippen molar-refractivity contribution in [1.82, 2.24) is 24.6 Å². The molecule has 0 atom stereocenters. The Morgan fingerprint density at radius 3 is 2.41 bits per heavy atom. The van der Waals surface area contributed by atoms with Gasteiger partial charge in [0, 0.05) is 56.5 Å². The zero-order valence-corrected chi connectivity index (χ0v) is 18.1. The van der Waals surface area contributed by atoms with Crippen molar-refractivity contribution >= 4 is 23.3 Å². The number of piperazine rings is 1. The zero-order valence-electron chi connectivity index (χ0n) is 17.3. The Balaban J connectivity index is 1.40. The minimum Gasteiger partial charge on any atom is -0.353 e. The molecule has 8 heteroatoms. The fraction of sp³-hybridized carbons (Fsp3) is 0.167. The first-order valence-corrected chi connectivity index (χ1v) is 10.8. The van der Waals surface area contributed by atoms with Crippen LogP contribution in [0.4, 0.5) is 5.82 Å². The summed E-state index contributed by atoms with van der Waals surface area (Å²) in [6, 6.07) is 17.3. The highest BCUT2D eigenvalue weighted by Gasteiger charge is 2.27. The first-order chi connectivity index (χ1) is 15.7. The number of hydrogen-bond donors (Lipinski definition) is 0. The third-order valence-electron chi connectivity index (χ3n) is 5.50. The fourth-order valence-corrected chi connectivity index (χ4v) is 3.94. The number of nitrogens with zero attached hydrogens (tertiary/aromatic N) is 6. The summed E-state index contributed by atoms with van der Waals surface area (Å²) < 4.78 is 1.75. The Morgan fingerprint density at radius 1 is 0.906 bits per heavy atom. The maximum absolute atomic E-state index is 13.5. The van der Waals surface area contributed by atoms with Crippen molar-refractivity contribution < 1.29 is 4.79 Å². The predicted octanol–water partition coefficient (Wildman–Crippen LogP) is 3.95. The largest absolute Gasteiger partial charge is 0.353 e. The van der Waals surface area contributed by atoms with Crippen molar-refractivity contribution in [2.75, 3.05) is 31.1 Å². The normalized spacial score (nSPS) is 13.9. The van der Waals surface area contributed by atoms with Crippen molar-refractivity contribution in [3.63, 3.8) is 0 Å². The Morgan fingerprint density at radius 2 is 1.72 bits per heavy atom. The number of amides is 1. The van der Waals surface area contributed by atoms with Crippen LogP contribution in [0.25, 0.3) is 16.9 Å². The second-order valence-corrected chi connectivity index (χ2v) is 7.96. The maximum atomic E-state index is 13.5. The molecule has 0 aliphatic carbocycles. The van der Waals surface area contributed by atoms with Gasteiger partial charge in [0.1, 0.15) is 11.5 Å².